The van der Waals surface area contributed by atoms with E-state index in [1.807, 2.05) is 45.0 Å². The number of benzene rings is 1. The van der Waals surface area contributed by atoms with Crippen LogP contribution >= 0.6 is 11.6 Å². The van der Waals surface area contributed by atoms with E-state index in [-0.39, 0.29) is 17.9 Å². The largest absolute Gasteiger partial charge is 0.338 e. The van der Waals surface area contributed by atoms with Gasteiger partial charge in [-0.2, -0.15) is 0 Å². The Balaban J connectivity index is 2.79. The molecule has 0 aromatic heterocycles. The van der Waals surface area contributed by atoms with Crippen molar-refractivity contribution >= 4 is 17.5 Å². The Morgan fingerprint density at radius 3 is 2.32 bits per heavy atom. The van der Waals surface area contributed by atoms with E-state index in [0.29, 0.717) is 5.02 Å². The van der Waals surface area contributed by atoms with Gasteiger partial charge in [-0.25, -0.2) is 0 Å². The maximum atomic E-state index is 12.3. The molecule has 3 atom stereocenters. The van der Waals surface area contributed by atoms with Crippen LogP contribution in [0.25, 0.3) is 0 Å². The first kappa shape index (κ1) is 16.0. The van der Waals surface area contributed by atoms with Crippen molar-refractivity contribution in [1.82, 2.24) is 4.90 Å². The molecule has 0 aliphatic rings. The summed E-state index contributed by atoms with van der Waals surface area (Å²) in [6.45, 7) is 6.04. The minimum absolute atomic E-state index is 0.0140. The van der Waals surface area contributed by atoms with Crippen LogP contribution in [0.3, 0.4) is 0 Å². The molecule has 4 heteroatoms. The summed E-state index contributed by atoms with van der Waals surface area (Å²) in [6.07, 6.45) is 0.899. The Labute approximate surface area is 120 Å². The van der Waals surface area contributed by atoms with Gasteiger partial charge in [0.1, 0.15) is 0 Å². The average Bonchev–Trinajstić information content (AvgIpc) is 2.44. The molecule has 2 N–H and O–H groups in total. The number of carbonyl (C=O) groups is 1. The molecule has 0 aliphatic carbocycles. The van der Waals surface area contributed by atoms with Crippen molar-refractivity contribution in [3.05, 3.63) is 34.9 Å². The number of hydrogen-bond donors (Lipinski definition) is 1. The Bertz CT molecular complexity index is 419. The number of nitrogens with two attached hydrogens (primary N) is 1. The third-order valence-electron chi connectivity index (χ3n) is 3.82. The van der Waals surface area contributed by atoms with Gasteiger partial charge in [-0.3, -0.25) is 4.79 Å². The van der Waals surface area contributed by atoms with Crippen molar-refractivity contribution in [1.29, 1.82) is 0 Å². The second-order valence-electron chi connectivity index (χ2n) is 5.09. The molecule has 0 radical (unpaired) electrons. The lowest BCUT2D eigenvalue weighted by atomic mass is 9.98. The first-order valence-electron chi connectivity index (χ1n) is 6.66. The van der Waals surface area contributed by atoms with Crippen LogP contribution in [0.1, 0.15) is 38.8 Å². The van der Waals surface area contributed by atoms with Gasteiger partial charge in [0.15, 0.2) is 0 Å². The van der Waals surface area contributed by atoms with E-state index in [0.717, 1.165) is 12.0 Å². The Morgan fingerprint density at radius 1 is 1.32 bits per heavy atom. The summed E-state index contributed by atoms with van der Waals surface area (Å²) >= 11 is 5.87. The summed E-state index contributed by atoms with van der Waals surface area (Å²) in [4.78, 5) is 14.0. The predicted molar refractivity (Wildman–Crippen MR) is 80.1 cm³/mol. The SMILES string of the molecule is CC[C@H](C)[C@H](N)C(=O)N(C)C(C)c1ccc(Cl)cc1. The van der Waals surface area contributed by atoms with E-state index < -0.39 is 6.04 Å². The van der Waals surface area contributed by atoms with Crippen molar-refractivity contribution in [2.75, 3.05) is 7.05 Å². The number of amides is 1. The summed E-state index contributed by atoms with van der Waals surface area (Å²) in [5.74, 6) is 0.171. The third-order valence-corrected chi connectivity index (χ3v) is 4.08. The van der Waals surface area contributed by atoms with Crippen LogP contribution in [-0.2, 0) is 4.79 Å². The topological polar surface area (TPSA) is 46.3 Å². The van der Waals surface area contributed by atoms with Crippen LogP contribution in [-0.4, -0.2) is 23.9 Å². The summed E-state index contributed by atoms with van der Waals surface area (Å²) in [5.41, 5.74) is 7.05. The van der Waals surface area contributed by atoms with Crippen LogP contribution in [0.2, 0.25) is 5.02 Å². The Kier molecular flexibility index (Phi) is 5.83. The second-order valence-corrected chi connectivity index (χ2v) is 5.52. The molecule has 0 spiro atoms. The molecule has 0 saturated heterocycles. The van der Waals surface area contributed by atoms with E-state index in [9.17, 15) is 4.79 Å². The summed E-state index contributed by atoms with van der Waals surface area (Å²) < 4.78 is 0. The average molecular weight is 283 g/mol. The van der Waals surface area contributed by atoms with E-state index in [2.05, 4.69) is 0 Å². The van der Waals surface area contributed by atoms with Crippen LogP contribution in [0.4, 0.5) is 0 Å². The van der Waals surface area contributed by atoms with Gasteiger partial charge in [-0.15, -0.1) is 0 Å². The van der Waals surface area contributed by atoms with Gasteiger partial charge >= 0.3 is 0 Å². The van der Waals surface area contributed by atoms with Gasteiger partial charge in [0.05, 0.1) is 12.1 Å². The molecule has 1 amide bonds. The van der Waals surface area contributed by atoms with Gasteiger partial charge in [-0.05, 0) is 30.5 Å². The first-order chi connectivity index (χ1) is 8.88. The van der Waals surface area contributed by atoms with E-state index >= 15 is 0 Å². The molecular weight excluding hydrogens is 260 g/mol. The summed E-state index contributed by atoms with van der Waals surface area (Å²) in [6, 6.07) is 7.09. The molecule has 1 unspecified atom stereocenters. The molecular formula is C15H23ClN2O. The quantitative estimate of drug-likeness (QED) is 0.901. The number of rotatable bonds is 5. The summed E-state index contributed by atoms with van der Waals surface area (Å²) in [5, 5.41) is 0.696. The smallest absolute Gasteiger partial charge is 0.240 e. The van der Waals surface area contributed by atoms with Crippen molar-refractivity contribution in [2.24, 2.45) is 11.7 Å². The summed E-state index contributed by atoms with van der Waals surface area (Å²) in [7, 11) is 1.80. The normalized spacial score (nSPS) is 15.7. The van der Waals surface area contributed by atoms with Crippen LogP contribution in [0.5, 0.6) is 0 Å². The zero-order valence-electron chi connectivity index (χ0n) is 12.1. The second kappa shape index (κ2) is 6.92. The predicted octanol–water partition coefficient (Wildman–Crippen LogP) is 3.23. The molecule has 0 heterocycles. The maximum absolute atomic E-state index is 12.3. The van der Waals surface area contributed by atoms with Crippen molar-refractivity contribution in [2.45, 2.75) is 39.3 Å². The Morgan fingerprint density at radius 2 is 1.84 bits per heavy atom. The molecule has 3 nitrogen and oxygen atoms in total. The molecule has 0 fully saturated rings. The molecule has 1 aromatic carbocycles. The third kappa shape index (κ3) is 3.95. The van der Waals surface area contributed by atoms with Gasteiger partial charge < -0.3 is 10.6 Å². The van der Waals surface area contributed by atoms with Crippen LogP contribution in [0, 0.1) is 5.92 Å². The first-order valence-corrected chi connectivity index (χ1v) is 7.04. The van der Waals surface area contributed by atoms with Gasteiger partial charge in [0, 0.05) is 12.1 Å². The highest BCUT2D eigenvalue weighted by Crippen LogP contribution is 2.22. The lowest BCUT2D eigenvalue weighted by Crippen LogP contribution is -2.46. The highest BCUT2D eigenvalue weighted by Gasteiger charge is 2.26. The molecule has 106 valence electrons. The van der Waals surface area contributed by atoms with Crippen molar-refractivity contribution in [3.8, 4) is 0 Å². The standard InChI is InChI=1S/C15H23ClN2O/c1-5-10(2)14(17)15(19)18(4)11(3)12-6-8-13(16)9-7-12/h6-11,14H,5,17H2,1-4H3/t10-,11?,14-/m0/s1. The molecule has 0 bridgehead atoms. The fraction of sp³-hybridized carbons (Fsp3) is 0.533. The fourth-order valence-electron chi connectivity index (χ4n) is 1.89. The molecule has 0 aliphatic heterocycles. The minimum Gasteiger partial charge on any atom is -0.338 e. The number of nitrogens with zero attached hydrogens (tertiary/aromatic N) is 1. The minimum atomic E-state index is -0.440. The lowest BCUT2D eigenvalue weighted by molar-refractivity contribution is -0.134. The molecule has 19 heavy (non-hydrogen) atoms. The zero-order chi connectivity index (χ0) is 14.6. The van der Waals surface area contributed by atoms with Gasteiger partial charge in [0.2, 0.25) is 5.91 Å². The number of halogens is 1. The van der Waals surface area contributed by atoms with Gasteiger partial charge in [0.25, 0.3) is 0 Å². The van der Waals surface area contributed by atoms with E-state index in [1.165, 1.54) is 0 Å². The molecule has 1 aromatic rings. The highest BCUT2D eigenvalue weighted by molar-refractivity contribution is 6.30. The van der Waals surface area contributed by atoms with E-state index in [4.69, 9.17) is 17.3 Å². The molecule has 0 saturated carbocycles. The maximum Gasteiger partial charge on any atom is 0.240 e. The zero-order valence-corrected chi connectivity index (χ0v) is 12.8. The number of hydrogen-bond acceptors (Lipinski definition) is 2. The highest BCUT2D eigenvalue weighted by atomic mass is 35.5. The molecule has 1 rings (SSSR count). The van der Waals surface area contributed by atoms with Crippen LogP contribution in [0.15, 0.2) is 24.3 Å². The van der Waals surface area contributed by atoms with Crippen molar-refractivity contribution in [3.63, 3.8) is 0 Å². The lowest BCUT2D eigenvalue weighted by Gasteiger charge is -2.30. The number of likely N-dealkylation sites (N-methyl/N-ethyl adjacent to an activating group) is 1. The fourth-order valence-corrected chi connectivity index (χ4v) is 2.01. The van der Waals surface area contributed by atoms with Crippen molar-refractivity contribution < 1.29 is 4.79 Å². The Hall–Kier alpha value is -1.06. The van der Waals surface area contributed by atoms with E-state index in [1.54, 1.807) is 11.9 Å². The number of carbonyl (C=O) groups excluding carboxylic acids is 1. The van der Waals surface area contributed by atoms with Gasteiger partial charge in [-0.1, -0.05) is 44.0 Å². The monoisotopic (exact) mass is 282 g/mol. The van der Waals surface area contributed by atoms with Crippen LogP contribution < -0.4 is 5.73 Å².